The maximum absolute atomic E-state index is 10.0. The Morgan fingerprint density at radius 3 is 3.18 bits per heavy atom. The maximum atomic E-state index is 10.0. The normalized spacial score (nSPS) is 9.82. The van der Waals surface area contributed by atoms with Crippen LogP contribution in [0.4, 0.5) is 0 Å². The highest BCUT2D eigenvalue weighted by molar-refractivity contribution is 5.68. The van der Waals surface area contributed by atoms with E-state index in [0.29, 0.717) is 6.54 Å². The molecule has 0 spiro atoms. The summed E-state index contributed by atoms with van der Waals surface area (Å²) in [7, 11) is 0. The number of nitrogens with zero attached hydrogens (tertiary/aromatic N) is 1. The summed E-state index contributed by atoms with van der Waals surface area (Å²) in [4.78, 5) is 10.0. The lowest BCUT2D eigenvalue weighted by Crippen LogP contribution is -2.21. The minimum absolute atomic E-state index is 0.0504. The van der Waals surface area contributed by atoms with Crippen LogP contribution in [0, 0.1) is 0 Å². The first kappa shape index (κ1) is 7.74. The molecule has 0 fully saturated rings. The molecule has 1 heterocycles. The van der Waals surface area contributed by atoms with Crippen molar-refractivity contribution in [3.05, 3.63) is 18.0 Å². The molecule has 5 nitrogen and oxygen atoms in total. The zero-order valence-electron chi connectivity index (χ0n) is 5.78. The van der Waals surface area contributed by atoms with Gasteiger partial charge in [0.05, 0.1) is 12.7 Å². The van der Waals surface area contributed by atoms with Crippen molar-refractivity contribution in [2.45, 2.75) is 6.54 Å². The summed E-state index contributed by atoms with van der Waals surface area (Å²) in [6.45, 7) is 0.418. The molecule has 0 radical (unpaired) electrons. The highest BCUT2D eigenvalue weighted by atomic mass is 16.5. The molecule has 1 aromatic rings. The van der Waals surface area contributed by atoms with Gasteiger partial charge in [0.25, 0.3) is 0 Å². The third-order valence-electron chi connectivity index (χ3n) is 1.09. The molecule has 2 N–H and O–H groups in total. The van der Waals surface area contributed by atoms with Gasteiger partial charge < -0.3 is 14.9 Å². The third kappa shape index (κ3) is 2.81. The molecule has 1 rings (SSSR count). The second-order valence-electron chi connectivity index (χ2n) is 2.03. The number of hydrogen-bond donors (Lipinski definition) is 2. The molecule has 0 bridgehead atoms. The fourth-order valence-corrected chi connectivity index (χ4v) is 0.628. The predicted molar refractivity (Wildman–Crippen MR) is 35.8 cm³/mol. The number of carbonyl (C=O) groups is 1. The number of carboxylic acid groups (broad SMARTS) is 1. The largest absolute Gasteiger partial charge is 0.480 e. The Hall–Kier alpha value is -1.36. The Balaban J connectivity index is 2.19. The van der Waals surface area contributed by atoms with Crippen molar-refractivity contribution in [2.75, 3.05) is 6.54 Å². The van der Waals surface area contributed by atoms with Crippen molar-refractivity contribution in [3.63, 3.8) is 0 Å². The van der Waals surface area contributed by atoms with E-state index >= 15 is 0 Å². The van der Waals surface area contributed by atoms with E-state index in [-0.39, 0.29) is 6.54 Å². The second kappa shape index (κ2) is 3.72. The molecule has 5 heteroatoms. The van der Waals surface area contributed by atoms with E-state index in [1.165, 1.54) is 12.5 Å². The number of carboxylic acids is 1. The summed E-state index contributed by atoms with van der Waals surface area (Å²) in [6, 6.07) is 0. The SMILES string of the molecule is O=C(O)CNCc1cnoc1. The smallest absolute Gasteiger partial charge is 0.317 e. The number of hydrogen-bond acceptors (Lipinski definition) is 4. The van der Waals surface area contributed by atoms with Crippen LogP contribution in [-0.4, -0.2) is 22.8 Å². The van der Waals surface area contributed by atoms with Crippen molar-refractivity contribution in [1.82, 2.24) is 10.5 Å². The van der Waals surface area contributed by atoms with Crippen molar-refractivity contribution >= 4 is 5.97 Å². The Morgan fingerprint density at radius 2 is 2.64 bits per heavy atom. The Bertz CT molecular complexity index is 220. The molecule has 0 aromatic carbocycles. The Labute approximate surface area is 63.0 Å². The fourth-order valence-electron chi connectivity index (χ4n) is 0.628. The van der Waals surface area contributed by atoms with Gasteiger partial charge in [-0.2, -0.15) is 0 Å². The summed E-state index contributed by atoms with van der Waals surface area (Å²) in [5, 5.41) is 14.4. The van der Waals surface area contributed by atoms with E-state index in [1.54, 1.807) is 0 Å². The first-order valence-electron chi connectivity index (χ1n) is 3.10. The van der Waals surface area contributed by atoms with Gasteiger partial charge in [0.2, 0.25) is 0 Å². The van der Waals surface area contributed by atoms with Crippen molar-refractivity contribution < 1.29 is 14.4 Å². The summed E-state index contributed by atoms with van der Waals surface area (Å²) in [5.41, 5.74) is 0.839. The molecule has 0 aliphatic rings. The first-order valence-corrected chi connectivity index (χ1v) is 3.10. The Kier molecular flexibility index (Phi) is 2.62. The summed E-state index contributed by atoms with van der Waals surface area (Å²) in [6.07, 6.45) is 3.00. The highest BCUT2D eigenvalue weighted by Crippen LogP contribution is 1.93. The number of aromatic nitrogens is 1. The molecule has 0 saturated heterocycles. The zero-order chi connectivity index (χ0) is 8.10. The van der Waals surface area contributed by atoms with Crippen molar-refractivity contribution in [1.29, 1.82) is 0 Å². The molecule has 0 aliphatic heterocycles. The molecule has 0 aliphatic carbocycles. The van der Waals surface area contributed by atoms with Gasteiger partial charge in [-0.15, -0.1) is 0 Å². The average Bonchev–Trinajstić information content (AvgIpc) is 2.39. The molecule has 60 valence electrons. The van der Waals surface area contributed by atoms with E-state index in [2.05, 4.69) is 15.0 Å². The number of aliphatic carboxylic acids is 1. The van der Waals surface area contributed by atoms with Crippen molar-refractivity contribution in [2.24, 2.45) is 0 Å². The summed E-state index contributed by atoms with van der Waals surface area (Å²) >= 11 is 0. The number of rotatable bonds is 4. The predicted octanol–water partition coefficient (Wildman–Crippen LogP) is -0.151. The van der Waals surface area contributed by atoms with E-state index in [1.807, 2.05) is 0 Å². The van der Waals surface area contributed by atoms with Crippen LogP contribution in [0.5, 0.6) is 0 Å². The second-order valence-corrected chi connectivity index (χ2v) is 2.03. The summed E-state index contributed by atoms with van der Waals surface area (Å²) < 4.78 is 4.53. The van der Waals surface area contributed by atoms with Gasteiger partial charge in [0.15, 0.2) is 0 Å². The van der Waals surface area contributed by atoms with Gasteiger partial charge in [-0.3, -0.25) is 4.79 Å². The van der Waals surface area contributed by atoms with E-state index in [9.17, 15) is 4.79 Å². The van der Waals surface area contributed by atoms with Crippen LogP contribution < -0.4 is 5.32 Å². The molecule has 0 amide bonds. The van der Waals surface area contributed by atoms with Gasteiger partial charge in [0.1, 0.15) is 6.26 Å². The van der Waals surface area contributed by atoms with Gasteiger partial charge in [-0.25, -0.2) is 0 Å². The molecule has 11 heavy (non-hydrogen) atoms. The molecule has 0 atom stereocenters. The minimum atomic E-state index is -0.874. The van der Waals surface area contributed by atoms with E-state index in [0.717, 1.165) is 5.56 Å². The zero-order valence-corrected chi connectivity index (χ0v) is 5.78. The quantitative estimate of drug-likeness (QED) is 0.634. The summed E-state index contributed by atoms with van der Waals surface area (Å²) in [5.74, 6) is -0.874. The molecular weight excluding hydrogens is 148 g/mol. The lowest BCUT2D eigenvalue weighted by Gasteiger charge is -1.95. The van der Waals surface area contributed by atoms with Crippen LogP contribution in [0.1, 0.15) is 5.56 Å². The van der Waals surface area contributed by atoms with Crippen LogP contribution in [-0.2, 0) is 11.3 Å². The highest BCUT2D eigenvalue weighted by Gasteiger charge is 1.97. The average molecular weight is 156 g/mol. The topological polar surface area (TPSA) is 75.4 Å². The Morgan fingerprint density at radius 1 is 1.82 bits per heavy atom. The number of nitrogens with one attached hydrogen (secondary N) is 1. The lowest BCUT2D eigenvalue weighted by molar-refractivity contribution is -0.135. The van der Waals surface area contributed by atoms with Gasteiger partial charge in [-0.1, -0.05) is 5.16 Å². The standard InChI is InChI=1S/C6H8N2O3/c9-6(10)3-7-1-5-2-8-11-4-5/h2,4,7H,1,3H2,(H,9,10). The maximum Gasteiger partial charge on any atom is 0.317 e. The molecule has 1 aromatic heterocycles. The molecule has 0 saturated carbocycles. The lowest BCUT2D eigenvalue weighted by atomic mass is 10.4. The monoisotopic (exact) mass is 156 g/mol. The van der Waals surface area contributed by atoms with E-state index in [4.69, 9.17) is 5.11 Å². The van der Waals surface area contributed by atoms with Gasteiger partial charge in [0, 0.05) is 12.1 Å². The van der Waals surface area contributed by atoms with Crippen LogP contribution in [0.15, 0.2) is 17.0 Å². The van der Waals surface area contributed by atoms with Crippen LogP contribution in [0.2, 0.25) is 0 Å². The van der Waals surface area contributed by atoms with Gasteiger partial charge >= 0.3 is 5.97 Å². The minimum Gasteiger partial charge on any atom is -0.480 e. The third-order valence-corrected chi connectivity index (χ3v) is 1.09. The van der Waals surface area contributed by atoms with Crippen LogP contribution >= 0.6 is 0 Å². The van der Waals surface area contributed by atoms with Crippen molar-refractivity contribution in [3.8, 4) is 0 Å². The van der Waals surface area contributed by atoms with Crippen LogP contribution in [0.25, 0.3) is 0 Å². The molecular formula is C6H8N2O3. The fraction of sp³-hybridized carbons (Fsp3) is 0.333. The molecule has 0 unspecified atom stereocenters. The first-order chi connectivity index (χ1) is 5.29. The van der Waals surface area contributed by atoms with Crippen LogP contribution in [0.3, 0.4) is 0 Å². The van der Waals surface area contributed by atoms with Gasteiger partial charge in [-0.05, 0) is 0 Å². The van der Waals surface area contributed by atoms with E-state index < -0.39 is 5.97 Å².